The molecule has 0 spiro atoms. The normalized spacial score (nSPS) is 35.3. The van der Waals surface area contributed by atoms with Crippen LogP contribution in [0.1, 0.15) is 60.3 Å². The highest BCUT2D eigenvalue weighted by atomic mass is 14.4. The molecule has 0 aromatic rings. The fourth-order valence-corrected chi connectivity index (χ4v) is 3.08. The maximum Gasteiger partial charge on any atom is -0.0380 e. The van der Waals surface area contributed by atoms with Crippen molar-refractivity contribution in [2.75, 3.05) is 0 Å². The van der Waals surface area contributed by atoms with Crippen LogP contribution in [-0.4, -0.2) is 0 Å². The van der Waals surface area contributed by atoms with E-state index in [1.165, 1.54) is 25.7 Å². The lowest BCUT2D eigenvalue weighted by Gasteiger charge is -2.22. The second-order valence-electron chi connectivity index (χ2n) is 6.25. The van der Waals surface area contributed by atoms with Gasteiger partial charge in [0.15, 0.2) is 0 Å². The van der Waals surface area contributed by atoms with Gasteiger partial charge < -0.3 is 0 Å². The molecule has 0 heterocycles. The van der Waals surface area contributed by atoms with Gasteiger partial charge >= 0.3 is 0 Å². The Morgan fingerprint density at radius 3 is 2.15 bits per heavy atom. The molecule has 0 nitrogen and oxygen atoms in total. The summed E-state index contributed by atoms with van der Waals surface area (Å²) in [5, 5.41) is 0. The molecule has 3 atom stereocenters. The molecule has 1 rings (SSSR count). The Kier molecular flexibility index (Phi) is 3.43. The summed E-state index contributed by atoms with van der Waals surface area (Å²) >= 11 is 0. The molecule has 0 amide bonds. The first-order chi connectivity index (χ1) is 5.92. The van der Waals surface area contributed by atoms with E-state index in [2.05, 4.69) is 34.6 Å². The first-order valence-corrected chi connectivity index (χ1v) is 5.92. The Morgan fingerprint density at radius 1 is 1.15 bits per heavy atom. The number of rotatable bonds is 2. The third-order valence-corrected chi connectivity index (χ3v) is 3.57. The van der Waals surface area contributed by atoms with Crippen LogP contribution < -0.4 is 0 Å². The minimum absolute atomic E-state index is 0.535. The van der Waals surface area contributed by atoms with Crippen molar-refractivity contribution >= 4 is 0 Å². The van der Waals surface area contributed by atoms with Crippen LogP contribution in [0.3, 0.4) is 0 Å². The lowest BCUT2D eigenvalue weighted by atomic mass is 9.83. The standard InChI is InChI=1S/C13H26/c1-6-12-8-11(7-10(12)2)9-13(3,4)5/h10-12H,6-9H2,1-5H3. The minimum atomic E-state index is 0.535. The van der Waals surface area contributed by atoms with E-state index >= 15 is 0 Å². The van der Waals surface area contributed by atoms with E-state index in [4.69, 9.17) is 0 Å². The van der Waals surface area contributed by atoms with Crippen molar-refractivity contribution < 1.29 is 0 Å². The highest BCUT2D eigenvalue weighted by Crippen LogP contribution is 2.42. The predicted molar refractivity (Wildman–Crippen MR) is 59.7 cm³/mol. The third kappa shape index (κ3) is 3.32. The topological polar surface area (TPSA) is 0 Å². The quantitative estimate of drug-likeness (QED) is 0.590. The molecule has 0 heteroatoms. The van der Waals surface area contributed by atoms with E-state index in [0.717, 1.165) is 17.8 Å². The van der Waals surface area contributed by atoms with E-state index < -0.39 is 0 Å². The van der Waals surface area contributed by atoms with Crippen LogP contribution in [0.5, 0.6) is 0 Å². The summed E-state index contributed by atoms with van der Waals surface area (Å²) in [6.45, 7) is 11.9. The van der Waals surface area contributed by atoms with Crippen LogP contribution in [0.15, 0.2) is 0 Å². The van der Waals surface area contributed by atoms with Gasteiger partial charge in [0.25, 0.3) is 0 Å². The maximum atomic E-state index is 2.44. The molecule has 0 aromatic heterocycles. The molecule has 1 aliphatic carbocycles. The van der Waals surface area contributed by atoms with Crippen molar-refractivity contribution in [2.45, 2.75) is 60.3 Å². The minimum Gasteiger partial charge on any atom is -0.0651 e. The van der Waals surface area contributed by atoms with Gasteiger partial charge in [0.05, 0.1) is 0 Å². The summed E-state index contributed by atoms with van der Waals surface area (Å²) in [7, 11) is 0. The van der Waals surface area contributed by atoms with Gasteiger partial charge in [-0.15, -0.1) is 0 Å². The first kappa shape index (κ1) is 11.1. The fraction of sp³-hybridized carbons (Fsp3) is 1.00. The monoisotopic (exact) mass is 182 g/mol. The van der Waals surface area contributed by atoms with Crippen LogP contribution in [0.25, 0.3) is 0 Å². The van der Waals surface area contributed by atoms with Crippen molar-refractivity contribution in [3.63, 3.8) is 0 Å². The Bertz CT molecular complexity index is 152. The van der Waals surface area contributed by atoms with Crippen molar-refractivity contribution in [1.82, 2.24) is 0 Å². The van der Waals surface area contributed by atoms with Crippen LogP contribution in [0.2, 0.25) is 0 Å². The van der Waals surface area contributed by atoms with Gasteiger partial charge in [-0.3, -0.25) is 0 Å². The summed E-state index contributed by atoms with van der Waals surface area (Å²) < 4.78 is 0. The smallest absolute Gasteiger partial charge is 0.0380 e. The molecule has 3 unspecified atom stereocenters. The van der Waals surface area contributed by atoms with E-state index in [-0.39, 0.29) is 0 Å². The fourth-order valence-electron chi connectivity index (χ4n) is 3.08. The van der Waals surface area contributed by atoms with Gasteiger partial charge in [-0.2, -0.15) is 0 Å². The highest BCUT2D eigenvalue weighted by Gasteiger charge is 2.31. The van der Waals surface area contributed by atoms with Crippen LogP contribution in [0.4, 0.5) is 0 Å². The lowest BCUT2D eigenvalue weighted by Crippen LogP contribution is -2.11. The van der Waals surface area contributed by atoms with Crippen molar-refractivity contribution in [1.29, 1.82) is 0 Å². The highest BCUT2D eigenvalue weighted by molar-refractivity contribution is 4.82. The average Bonchev–Trinajstić information content (AvgIpc) is 2.26. The van der Waals surface area contributed by atoms with Gasteiger partial charge in [0.2, 0.25) is 0 Å². The molecule has 1 aliphatic rings. The molecule has 0 N–H and O–H groups in total. The third-order valence-electron chi connectivity index (χ3n) is 3.57. The molecule has 78 valence electrons. The largest absolute Gasteiger partial charge is 0.0651 e. The zero-order valence-corrected chi connectivity index (χ0v) is 10.1. The molecular formula is C13H26. The van der Waals surface area contributed by atoms with E-state index in [1.54, 1.807) is 0 Å². The number of hydrogen-bond donors (Lipinski definition) is 0. The average molecular weight is 182 g/mol. The molecule has 0 saturated heterocycles. The molecule has 0 aliphatic heterocycles. The Balaban J connectivity index is 2.40. The second kappa shape index (κ2) is 4.02. The second-order valence-corrected chi connectivity index (χ2v) is 6.25. The molecule has 13 heavy (non-hydrogen) atoms. The first-order valence-electron chi connectivity index (χ1n) is 5.92. The SMILES string of the molecule is CCC1CC(CC(C)(C)C)CC1C. The Labute approximate surface area is 84.1 Å². The van der Waals surface area contributed by atoms with Gasteiger partial charge in [0.1, 0.15) is 0 Å². The lowest BCUT2D eigenvalue weighted by molar-refractivity contribution is 0.290. The molecular weight excluding hydrogens is 156 g/mol. The molecule has 0 radical (unpaired) electrons. The van der Waals surface area contributed by atoms with Gasteiger partial charge in [-0.1, -0.05) is 41.0 Å². The number of hydrogen-bond acceptors (Lipinski definition) is 0. The van der Waals surface area contributed by atoms with Crippen molar-refractivity contribution in [3.05, 3.63) is 0 Å². The predicted octanol–water partition coefficient (Wildman–Crippen LogP) is 4.49. The Hall–Kier alpha value is 0. The molecule has 1 saturated carbocycles. The zero-order chi connectivity index (χ0) is 10.1. The van der Waals surface area contributed by atoms with Crippen molar-refractivity contribution in [3.8, 4) is 0 Å². The summed E-state index contributed by atoms with van der Waals surface area (Å²) in [6, 6.07) is 0. The molecule has 1 fully saturated rings. The van der Waals surface area contributed by atoms with E-state index in [1.807, 2.05) is 0 Å². The van der Waals surface area contributed by atoms with Gasteiger partial charge in [-0.05, 0) is 42.4 Å². The summed E-state index contributed by atoms with van der Waals surface area (Å²) in [5.41, 5.74) is 0.535. The zero-order valence-electron chi connectivity index (χ0n) is 10.1. The van der Waals surface area contributed by atoms with Gasteiger partial charge in [-0.25, -0.2) is 0 Å². The van der Waals surface area contributed by atoms with E-state index in [9.17, 15) is 0 Å². The maximum absolute atomic E-state index is 2.44. The molecule has 0 aromatic carbocycles. The van der Waals surface area contributed by atoms with Crippen LogP contribution in [0, 0.1) is 23.2 Å². The van der Waals surface area contributed by atoms with E-state index in [0.29, 0.717) is 5.41 Å². The summed E-state index contributed by atoms with van der Waals surface area (Å²) in [5.74, 6) is 3.02. The van der Waals surface area contributed by atoms with Gasteiger partial charge in [0, 0.05) is 0 Å². The summed E-state index contributed by atoms with van der Waals surface area (Å²) in [4.78, 5) is 0. The molecule has 0 bridgehead atoms. The Morgan fingerprint density at radius 2 is 1.77 bits per heavy atom. The summed E-state index contributed by atoms with van der Waals surface area (Å²) in [6.07, 6.45) is 5.79. The van der Waals surface area contributed by atoms with Crippen LogP contribution >= 0.6 is 0 Å². The van der Waals surface area contributed by atoms with Crippen LogP contribution in [-0.2, 0) is 0 Å². The van der Waals surface area contributed by atoms with Crippen molar-refractivity contribution in [2.24, 2.45) is 23.2 Å².